The first-order valence-corrected chi connectivity index (χ1v) is 12.3. The highest BCUT2D eigenvalue weighted by atomic mass is 79.9. The number of ketones is 2. The van der Waals surface area contributed by atoms with Gasteiger partial charge in [-0.2, -0.15) is 0 Å². The van der Waals surface area contributed by atoms with Gasteiger partial charge in [0.2, 0.25) is 0 Å². The quantitative estimate of drug-likeness (QED) is 0.454. The fourth-order valence-corrected chi connectivity index (χ4v) is 5.76. The second-order valence-corrected chi connectivity index (χ2v) is 9.73. The van der Waals surface area contributed by atoms with E-state index in [2.05, 4.69) is 56.9 Å². The largest absolute Gasteiger partial charge is 0.297 e. The van der Waals surface area contributed by atoms with Gasteiger partial charge in [0, 0.05) is 48.3 Å². The maximum atomic E-state index is 13.9. The Morgan fingerprint density at radius 2 is 1.39 bits per heavy atom. The normalized spacial score (nSPS) is 18.5. The van der Waals surface area contributed by atoms with E-state index < -0.39 is 5.54 Å². The third kappa shape index (κ3) is 3.68. The summed E-state index contributed by atoms with van der Waals surface area (Å²) in [5, 5.41) is 0. The smallest absolute Gasteiger partial charge is 0.196 e. The molecular weight excluding hydrogens is 476 g/mol. The number of halogens is 1. The number of hydrogen-bond acceptors (Lipinski definition) is 4. The van der Waals surface area contributed by atoms with E-state index in [4.69, 9.17) is 0 Å². The van der Waals surface area contributed by atoms with Crippen LogP contribution in [-0.4, -0.2) is 47.5 Å². The lowest BCUT2D eigenvalue weighted by atomic mass is 9.82. The van der Waals surface area contributed by atoms with E-state index in [1.807, 2.05) is 36.4 Å². The van der Waals surface area contributed by atoms with Gasteiger partial charge in [0.25, 0.3) is 0 Å². The SMILES string of the molecule is CCc1ccccc1CN1CCN(C2(c3cccc(Br)c3)C(=O)c3ccccc3C2=O)CC1. The zero-order valence-electron chi connectivity index (χ0n) is 18.8. The molecule has 2 aliphatic rings. The van der Waals surface area contributed by atoms with Crippen molar-refractivity contribution in [3.05, 3.63) is 105 Å². The van der Waals surface area contributed by atoms with Gasteiger partial charge in [0.15, 0.2) is 17.1 Å². The first-order chi connectivity index (χ1) is 16.1. The third-order valence-corrected chi connectivity index (χ3v) is 7.55. The third-order valence-electron chi connectivity index (χ3n) is 7.06. The van der Waals surface area contributed by atoms with Crippen LogP contribution >= 0.6 is 15.9 Å². The van der Waals surface area contributed by atoms with Crippen molar-refractivity contribution >= 4 is 27.5 Å². The maximum absolute atomic E-state index is 13.9. The van der Waals surface area contributed by atoms with Gasteiger partial charge >= 0.3 is 0 Å². The summed E-state index contributed by atoms with van der Waals surface area (Å²) in [5.41, 5.74) is 3.25. The molecule has 0 N–H and O–H groups in total. The average Bonchev–Trinajstić information content (AvgIpc) is 3.08. The Morgan fingerprint density at radius 3 is 2.00 bits per heavy atom. The van der Waals surface area contributed by atoms with E-state index in [-0.39, 0.29) is 11.6 Å². The summed E-state index contributed by atoms with van der Waals surface area (Å²) in [7, 11) is 0. The number of benzene rings is 3. The maximum Gasteiger partial charge on any atom is 0.196 e. The molecule has 168 valence electrons. The Balaban J connectivity index is 1.46. The van der Waals surface area contributed by atoms with Gasteiger partial charge < -0.3 is 0 Å². The molecule has 3 aromatic rings. The molecule has 0 unspecified atom stereocenters. The molecule has 0 saturated carbocycles. The van der Waals surface area contributed by atoms with Gasteiger partial charge in [0.1, 0.15) is 0 Å². The van der Waals surface area contributed by atoms with Crippen molar-refractivity contribution in [3.63, 3.8) is 0 Å². The fourth-order valence-electron chi connectivity index (χ4n) is 5.36. The second-order valence-electron chi connectivity index (χ2n) is 8.81. The zero-order valence-corrected chi connectivity index (χ0v) is 20.3. The Labute approximate surface area is 203 Å². The average molecular weight is 503 g/mol. The molecule has 0 atom stereocenters. The molecule has 0 bridgehead atoms. The summed E-state index contributed by atoms with van der Waals surface area (Å²) in [5.74, 6) is -0.211. The fraction of sp³-hybridized carbons (Fsp3) is 0.286. The highest BCUT2D eigenvalue weighted by Crippen LogP contribution is 2.43. The standard InChI is InChI=1S/C28H27BrN2O2/c1-2-20-8-3-4-9-21(20)19-30-14-16-31(17-15-30)28(22-10-7-11-23(29)18-22)26(32)24-12-5-6-13-25(24)27(28)33/h3-13,18H,2,14-17,19H2,1H3. The van der Waals surface area contributed by atoms with Crippen LogP contribution in [-0.2, 0) is 18.5 Å². The summed E-state index contributed by atoms with van der Waals surface area (Å²) in [6.45, 7) is 6.02. The van der Waals surface area contributed by atoms with Gasteiger partial charge in [-0.25, -0.2) is 0 Å². The molecule has 0 spiro atoms. The Kier molecular flexibility index (Phi) is 6.04. The Bertz CT molecular complexity index is 1180. The van der Waals surface area contributed by atoms with Crippen LogP contribution in [0, 0.1) is 0 Å². The molecular formula is C28H27BrN2O2. The highest BCUT2D eigenvalue weighted by Gasteiger charge is 2.58. The number of hydrogen-bond donors (Lipinski definition) is 0. The monoisotopic (exact) mass is 502 g/mol. The van der Waals surface area contributed by atoms with E-state index in [1.54, 1.807) is 12.1 Å². The number of rotatable bonds is 5. The number of Topliss-reactive ketones (excluding diaryl/α,β-unsaturated/α-hetero) is 2. The van der Waals surface area contributed by atoms with Crippen LogP contribution in [0.2, 0.25) is 0 Å². The van der Waals surface area contributed by atoms with E-state index >= 15 is 0 Å². The lowest BCUT2D eigenvalue weighted by Gasteiger charge is -2.44. The van der Waals surface area contributed by atoms with Crippen LogP contribution in [0.4, 0.5) is 0 Å². The minimum atomic E-state index is -1.29. The molecule has 5 heteroatoms. The zero-order chi connectivity index (χ0) is 23.0. The van der Waals surface area contributed by atoms with Gasteiger partial charge in [0.05, 0.1) is 0 Å². The van der Waals surface area contributed by atoms with Crippen molar-refractivity contribution in [3.8, 4) is 0 Å². The molecule has 1 aliphatic carbocycles. The van der Waals surface area contributed by atoms with Crippen molar-refractivity contribution in [1.29, 1.82) is 0 Å². The first-order valence-electron chi connectivity index (χ1n) is 11.5. The topological polar surface area (TPSA) is 40.6 Å². The molecule has 0 amide bonds. The predicted octanol–water partition coefficient (Wildman–Crippen LogP) is 5.10. The molecule has 1 aliphatic heterocycles. The van der Waals surface area contributed by atoms with E-state index in [1.165, 1.54) is 11.1 Å². The summed E-state index contributed by atoms with van der Waals surface area (Å²) >= 11 is 3.54. The molecule has 1 saturated heterocycles. The highest BCUT2D eigenvalue weighted by molar-refractivity contribution is 9.10. The number of carbonyl (C=O) groups excluding carboxylic acids is 2. The second kappa shape index (κ2) is 8.98. The number of carbonyl (C=O) groups is 2. The minimum absolute atomic E-state index is 0.106. The van der Waals surface area contributed by atoms with Crippen LogP contribution in [0.15, 0.2) is 77.3 Å². The summed E-state index contributed by atoms with van der Waals surface area (Å²) in [6.07, 6.45) is 1.02. The predicted molar refractivity (Wildman–Crippen MR) is 134 cm³/mol. The summed E-state index contributed by atoms with van der Waals surface area (Å²) in [6, 6.07) is 23.5. The minimum Gasteiger partial charge on any atom is -0.297 e. The van der Waals surface area contributed by atoms with Crippen molar-refractivity contribution in [2.45, 2.75) is 25.4 Å². The molecule has 1 fully saturated rings. The molecule has 1 heterocycles. The molecule has 4 nitrogen and oxygen atoms in total. The van der Waals surface area contributed by atoms with E-state index in [9.17, 15) is 9.59 Å². The number of piperazine rings is 1. The van der Waals surface area contributed by atoms with E-state index in [0.29, 0.717) is 24.2 Å². The van der Waals surface area contributed by atoms with Gasteiger partial charge in [-0.15, -0.1) is 0 Å². The van der Waals surface area contributed by atoms with Gasteiger partial charge in [-0.1, -0.05) is 83.5 Å². The summed E-state index contributed by atoms with van der Waals surface area (Å²) < 4.78 is 0.866. The van der Waals surface area contributed by atoms with Gasteiger partial charge in [-0.05, 0) is 35.2 Å². The lowest BCUT2D eigenvalue weighted by Crippen LogP contribution is -2.60. The van der Waals surface area contributed by atoms with Crippen molar-refractivity contribution in [2.24, 2.45) is 0 Å². The first kappa shape index (κ1) is 22.2. The van der Waals surface area contributed by atoms with Crippen LogP contribution in [0.3, 0.4) is 0 Å². The summed E-state index contributed by atoms with van der Waals surface area (Å²) in [4.78, 5) is 32.3. The number of aryl methyl sites for hydroxylation is 1. The number of nitrogens with zero attached hydrogens (tertiary/aromatic N) is 2. The van der Waals surface area contributed by atoms with Crippen molar-refractivity contribution in [2.75, 3.05) is 26.2 Å². The van der Waals surface area contributed by atoms with Crippen LogP contribution in [0.5, 0.6) is 0 Å². The molecule has 0 aromatic heterocycles. The van der Waals surface area contributed by atoms with Gasteiger partial charge in [-0.3, -0.25) is 19.4 Å². The molecule has 33 heavy (non-hydrogen) atoms. The van der Waals surface area contributed by atoms with Crippen molar-refractivity contribution in [1.82, 2.24) is 9.80 Å². The molecule has 0 radical (unpaired) electrons. The van der Waals surface area contributed by atoms with E-state index in [0.717, 1.165) is 36.1 Å². The lowest BCUT2D eigenvalue weighted by molar-refractivity contribution is 0.0279. The van der Waals surface area contributed by atoms with Crippen LogP contribution in [0.1, 0.15) is 44.3 Å². The Hall–Kier alpha value is -2.60. The number of fused-ring (bicyclic) bond motifs is 1. The van der Waals surface area contributed by atoms with Crippen LogP contribution < -0.4 is 0 Å². The molecule has 3 aromatic carbocycles. The Morgan fingerprint density at radius 1 is 0.788 bits per heavy atom. The molecule has 5 rings (SSSR count). The van der Waals surface area contributed by atoms with Crippen molar-refractivity contribution < 1.29 is 9.59 Å². The van der Waals surface area contributed by atoms with Crippen LogP contribution in [0.25, 0.3) is 0 Å².